The monoisotopic (exact) mass is 206 g/mol. The summed E-state index contributed by atoms with van der Waals surface area (Å²) in [6, 6.07) is 1.85. The molecule has 0 amide bonds. The van der Waals surface area contributed by atoms with E-state index in [1.165, 1.54) is 0 Å². The summed E-state index contributed by atoms with van der Waals surface area (Å²) in [5.74, 6) is 0.782. The highest BCUT2D eigenvalue weighted by Gasteiger charge is 2.07. The number of aromatic amines is 1. The lowest BCUT2D eigenvalue weighted by molar-refractivity contribution is 0.301. The number of rotatable bonds is 4. The molecule has 0 aromatic carbocycles. The maximum Gasteiger partial charge on any atom is 0.243 e. The Kier molecular flexibility index (Phi) is 2.71. The van der Waals surface area contributed by atoms with Gasteiger partial charge < -0.3 is 15.5 Å². The number of aromatic nitrogens is 3. The van der Waals surface area contributed by atoms with Gasteiger partial charge in [0.1, 0.15) is 5.52 Å². The van der Waals surface area contributed by atoms with Crippen LogP contribution in [0.2, 0.25) is 0 Å². The zero-order valence-corrected chi connectivity index (χ0v) is 8.66. The van der Waals surface area contributed by atoms with E-state index in [4.69, 9.17) is 10.5 Å². The van der Waals surface area contributed by atoms with Gasteiger partial charge in [0.2, 0.25) is 11.8 Å². The van der Waals surface area contributed by atoms with Crippen LogP contribution >= 0.6 is 0 Å². The topological polar surface area (TPSA) is 76.8 Å². The molecule has 0 aliphatic rings. The predicted molar refractivity (Wildman–Crippen MR) is 58.7 cm³/mol. The summed E-state index contributed by atoms with van der Waals surface area (Å²) in [5, 5.41) is 0. The first-order valence-corrected chi connectivity index (χ1v) is 5.04. The van der Waals surface area contributed by atoms with Gasteiger partial charge in [-0.15, -0.1) is 0 Å². The summed E-state index contributed by atoms with van der Waals surface area (Å²) in [7, 11) is 0. The van der Waals surface area contributed by atoms with E-state index in [1.54, 1.807) is 6.20 Å². The van der Waals surface area contributed by atoms with Crippen LogP contribution in [0.1, 0.15) is 19.8 Å². The summed E-state index contributed by atoms with van der Waals surface area (Å²) in [5.41, 5.74) is 7.16. The average molecular weight is 206 g/mol. The molecule has 3 N–H and O–H groups in total. The first-order chi connectivity index (χ1) is 7.31. The van der Waals surface area contributed by atoms with Crippen molar-refractivity contribution in [2.45, 2.75) is 19.8 Å². The Morgan fingerprint density at radius 2 is 2.33 bits per heavy atom. The Labute approximate surface area is 87.7 Å². The van der Waals surface area contributed by atoms with Gasteiger partial charge in [0.05, 0.1) is 12.1 Å². The molecule has 0 spiro atoms. The third-order valence-corrected chi connectivity index (χ3v) is 2.13. The second-order valence-corrected chi connectivity index (χ2v) is 3.33. The highest BCUT2D eigenvalue weighted by atomic mass is 16.5. The van der Waals surface area contributed by atoms with Crippen molar-refractivity contribution >= 4 is 17.0 Å². The van der Waals surface area contributed by atoms with Crippen LogP contribution < -0.4 is 10.5 Å². The summed E-state index contributed by atoms with van der Waals surface area (Å²) in [6.07, 6.45) is 3.89. The average Bonchev–Trinajstić information content (AvgIpc) is 2.65. The number of nitrogens with one attached hydrogen (secondary N) is 1. The van der Waals surface area contributed by atoms with Gasteiger partial charge in [0.25, 0.3) is 0 Å². The zero-order chi connectivity index (χ0) is 10.7. The van der Waals surface area contributed by atoms with Crippen LogP contribution in [-0.2, 0) is 0 Å². The van der Waals surface area contributed by atoms with Crippen molar-refractivity contribution < 1.29 is 4.74 Å². The van der Waals surface area contributed by atoms with E-state index >= 15 is 0 Å². The van der Waals surface area contributed by atoms with E-state index in [9.17, 15) is 0 Å². The van der Waals surface area contributed by atoms with Crippen molar-refractivity contribution in [3.05, 3.63) is 12.3 Å². The number of hydrogen-bond donors (Lipinski definition) is 2. The van der Waals surface area contributed by atoms with Gasteiger partial charge in [-0.3, -0.25) is 0 Å². The fraction of sp³-hybridized carbons (Fsp3) is 0.400. The first kappa shape index (κ1) is 9.76. The molecule has 5 nitrogen and oxygen atoms in total. The lowest BCUT2D eigenvalue weighted by Crippen LogP contribution is -2.02. The van der Waals surface area contributed by atoms with Crippen LogP contribution in [-0.4, -0.2) is 21.6 Å². The van der Waals surface area contributed by atoms with Crippen molar-refractivity contribution in [2.75, 3.05) is 12.3 Å². The number of fused-ring (bicyclic) bond motifs is 1. The third kappa shape index (κ3) is 2.01. The van der Waals surface area contributed by atoms with Gasteiger partial charge in [-0.2, -0.15) is 4.98 Å². The lowest BCUT2D eigenvalue weighted by Gasteiger charge is -2.05. The van der Waals surface area contributed by atoms with Gasteiger partial charge in [-0.25, -0.2) is 4.98 Å². The number of anilines is 1. The minimum Gasteiger partial charge on any atom is -0.476 e. The first-order valence-electron chi connectivity index (χ1n) is 5.04. The summed E-state index contributed by atoms with van der Waals surface area (Å²) in [6.45, 7) is 2.77. The number of hydrogen-bond acceptors (Lipinski definition) is 4. The molecular weight excluding hydrogens is 192 g/mol. The Morgan fingerprint density at radius 3 is 3.13 bits per heavy atom. The van der Waals surface area contributed by atoms with Crippen molar-refractivity contribution in [3.63, 3.8) is 0 Å². The van der Waals surface area contributed by atoms with E-state index < -0.39 is 0 Å². The van der Waals surface area contributed by atoms with Gasteiger partial charge in [-0.1, -0.05) is 13.3 Å². The second-order valence-electron chi connectivity index (χ2n) is 3.33. The van der Waals surface area contributed by atoms with E-state index in [-0.39, 0.29) is 5.95 Å². The molecule has 0 radical (unpaired) electrons. The van der Waals surface area contributed by atoms with Gasteiger partial charge in [0.15, 0.2) is 0 Å². The van der Waals surface area contributed by atoms with Gasteiger partial charge in [-0.05, 0) is 12.5 Å². The molecular formula is C10H14N4O. The number of unbranched alkanes of at least 4 members (excludes halogenated alkanes) is 1. The van der Waals surface area contributed by atoms with Crippen LogP contribution in [0.25, 0.3) is 11.0 Å². The fourth-order valence-corrected chi connectivity index (χ4v) is 1.35. The van der Waals surface area contributed by atoms with Crippen molar-refractivity contribution in [1.82, 2.24) is 15.0 Å². The maximum atomic E-state index is 5.57. The van der Waals surface area contributed by atoms with E-state index in [0.29, 0.717) is 12.5 Å². The SMILES string of the molecule is CCCCOc1nc(N)nc2cc[nH]c12. The van der Waals surface area contributed by atoms with Crippen molar-refractivity contribution in [2.24, 2.45) is 0 Å². The molecule has 0 fully saturated rings. The smallest absolute Gasteiger partial charge is 0.243 e. The minimum absolute atomic E-state index is 0.244. The van der Waals surface area contributed by atoms with Crippen LogP contribution in [0.4, 0.5) is 5.95 Å². The van der Waals surface area contributed by atoms with Crippen LogP contribution in [0, 0.1) is 0 Å². The van der Waals surface area contributed by atoms with Crippen molar-refractivity contribution in [3.8, 4) is 5.88 Å². The number of nitrogen functional groups attached to an aromatic ring is 1. The lowest BCUT2D eigenvalue weighted by atomic mass is 10.4. The fourth-order valence-electron chi connectivity index (χ4n) is 1.35. The zero-order valence-electron chi connectivity index (χ0n) is 8.66. The predicted octanol–water partition coefficient (Wildman–Crippen LogP) is 1.72. The minimum atomic E-state index is 0.244. The molecule has 0 saturated heterocycles. The molecule has 15 heavy (non-hydrogen) atoms. The molecule has 0 atom stereocenters. The van der Waals surface area contributed by atoms with Crippen LogP contribution in [0.3, 0.4) is 0 Å². The number of nitrogens with zero attached hydrogens (tertiary/aromatic N) is 2. The molecule has 80 valence electrons. The Balaban J connectivity index is 2.27. The number of H-pyrrole nitrogens is 1. The van der Waals surface area contributed by atoms with E-state index in [0.717, 1.165) is 23.9 Å². The van der Waals surface area contributed by atoms with E-state index in [2.05, 4.69) is 21.9 Å². The molecule has 0 bridgehead atoms. The Bertz CT molecular complexity index is 452. The molecule has 0 aliphatic heterocycles. The van der Waals surface area contributed by atoms with Crippen LogP contribution in [0.5, 0.6) is 5.88 Å². The molecule has 5 heteroatoms. The maximum absolute atomic E-state index is 5.57. The standard InChI is InChI=1S/C10H14N4O/c1-2-3-6-15-9-8-7(4-5-12-8)13-10(11)14-9/h4-5,12H,2-3,6H2,1H3,(H2,11,13,14). The number of nitrogens with two attached hydrogens (primary N) is 1. The Morgan fingerprint density at radius 1 is 1.47 bits per heavy atom. The summed E-state index contributed by atoms with van der Waals surface area (Å²) >= 11 is 0. The quantitative estimate of drug-likeness (QED) is 0.747. The molecule has 0 unspecified atom stereocenters. The third-order valence-electron chi connectivity index (χ3n) is 2.13. The summed E-state index contributed by atoms with van der Waals surface area (Å²) < 4.78 is 5.54. The molecule has 2 rings (SSSR count). The van der Waals surface area contributed by atoms with Crippen LogP contribution in [0.15, 0.2) is 12.3 Å². The van der Waals surface area contributed by atoms with Crippen molar-refractivity contribution in [1.29, 1.82) is 0 Å². The molecule has 2 aromatic heterocycles. The Hall–Kier alpha value is -1.78. The highest BCUT2D eigenvalue weighted by Crippen LogP contribution is 2.21. The molecule has 0 saturated carbocycles. The second kappa shape index (κ2) is 4.16. The molecule has 0 aliphatic carbocycles. The summed E-state index contributed by atoms with van der Waals surface area (Å²) in [4.78, 5) is 11.2. The van der Waals surface area contributed by atoms with Gasteiger partial charge in [0, 0.05) is 6.20 Å². The van der Waals surface area contributed by atoms with E-state index in [1.807, 2.05) is 6.07 Å². The molecule has 2 heterocycles. The highest BCUT2D eigenvalue weighted by molar-refractivity contribution is 5.80. The molecule has 2 aromatic rings. The van der Waals surface area contributed by atoms with Gasteiger partial charge >= 0.3 is 0 Å². The largest absolute Gasteiger partial charge is 0.476 e. The number of ether oxygens (including phenoxy) is 1. The normalized spacial score (nSPS) is 10.7.